The maximum Gasteiger partial charge on any atom is 0.327 e. The molecule has 6 saturated heterocycles. The van der Waals surface area contributed by atoms with E-state index in [1.54, 1.807) is 62.3 Å². The molecule has 12 heterocycles. The largest absolute Gasteiger partial charge is 0.476 e. The van der Waals surface area contributed by atoms with Crippen LogP contribution in [0.5, 0.6) is 17.6 Å². The number of anilines is 3. The first-order valence-corrected chi connectivity index (χ1v) is 50.2. The summed E-state index contributed by atoms with van der Waals surface area (Å²) in [5, 5.41) is 47.1. The van der Waals surface area contributed by atoms with E-state index in [1.807, 2.05) is 0 Å². The summed E-state index contributed by atoms with van der Waals surface area (Å²) in [5.41, 5.74) is 11.1. The lowest BCUT2D eigenvalue weighted by molar-refractivity contribution is -0.149. The van der Waals surface area contributed by atoms with Crippen molar-refractivity contribution in [3.05, 3.63) is 19.0 Å². The van der Waals surface area contributed by atoms with Crippen LogP contribution in [0.2, 0.25) is 0 Å². The summed E-state index contributed by atoms with van der Waals surface area (Å²) in [7, 11) is 0. The Labute approximate surface area is 747 Å². The maximum absolute atomic E-state index is 16.0. The minimum absolute atomic E-state index is 0.0877. The number of imidazole rings is 3. The number of amides is 6. The second-order valence-corrected chi connectivity index (χ2v) is 44.5. The van der Waals surface area contributed by atoms with Crippen LogP contribution in [0.15, 0.2) is 19.0 Å². The number of halogens is 3. The van der Waals surface area contributed by atoms with Crippen LogP contribution in [-0.4, -0.2) is 274 Å². The standard InChI is InChI=1S/3C24H35FN7O9PS/c3*1-6-38-20-16-18(29-23(26)30-20)32(10-27-16)22-24(5,25)17(34)14(41-22)8-39-42(37,31-12(4)21(36)40-11(2)3)43-9-13-7-15(33)28-19(13)35/h3*10-14,17,22,34H,6-9H2,1-5H3,(H,31,37)(H2,26,29,30)(H,28,33,35)/t12-,13?,14-,17-,22?,24-,42?;12-,13?,14-,17-,22?,24-,42+;12-,13?,14-,17-,22?,24-,42-/m111/s1. The number of esters is 3. The van der Waals surface area contributed by atoms with Crippen molar-refractivity contribution >= 4 is 159 Å². The fourth-order valence-electron chi connectivity index (χ4n) is 13.5. The highest BCUT2D eigenvalue weighted by molar-refractivity contribution is 8.56. The number of imide groups is 3. The average Bonchev–Trinajstić information content (AvgIpc) is 1.60. The van der Waals surface area contributed by atoms with E-state index in [9.17, 15) is 72.2 Å². The summed E-state index contributed by atoms with van der Waals surface area (Å²) in [6, 6.07) is -3.30. The summed E-state index contributed by atoms with van der Waals surface area (Å²) in [5.74, 6) is -7.82. The Morgan fingerprint density at radius 2 is 0.705 bits per heavy atom. The lowest BCUT2D eigenvalue weighted by atomic mass is 9.98. The van der Waals surface area contributed by atoms with Crippen molar-refractivity contribution in [3.63, 3.8) is 0 Å². The summed E-state index contributed by atoms with van der Waals surface area (Å²) in [6.07, 6.45) is -11.6. The lowest BCUT2D eigenvalue weighted by Gasteiger charge is -2.25. The van der Waals surface area contributed by atoms with E-state index in [1.165, 1.54) is 53.5 Å². The van der Waals surface area contributed by atoms with Crippen molar-refractivity contribution in [1.29, 1.82) is 0 Å². The number of aliphatic hydroxyl groups is 3. The number of nitrogens with one attached hydrogen (secondary N) is 6. The molecule has 0 saturated carbocycles. The summed E-state index contributed by atoms with van der Waals surface area (Å²) in [6.45, 7) is 9.63. The Morgan fingerprint density at radius 1 is 0.465 bits per heavy atom. The number of rotatable bonds is 39. The summed E-state index contributed by atoms with van der Waals surface area (Å²) in [4.78, 5) is 145. The van der Waals surface area contributed by atoms with Crippen LogP contribution in [0.25, 0.3) is 33.5 Å². The predicted octanol–water partition coefficient (Wildman–Crippen LogP) is 3.73. The van der Waals surface area contributed by atoms with Gasteiger partial charge in [-0.15, -0.1) is 0 Å². The van der Waals surface area contributed by atoms with Crippen molar-refractivity contribution in [2.75, 3.05) is 74.1 Å². The zero-order chi connectivity index (χ0) is 95.1. The normalized spacial score (nSPS) is 27.8. The molecule has 6 aromatic rings. The third kappa shape index (κ3) is 24.6. The van der Waals surface area contributed by atoms with E-state index in [4.69, 9.17) is 73.4 Å². The monoisotopic (exact) mass is 1940 g/mol. The first-order chi connectivity index (χ1) is 60.4. The van der Waals surface area contributed by atoms with E-state index >= 15 is 13.2 Å². The first kappa shape index (κ1) is 102. The smallest absolute Gasteiger partial charge is 0.327 e. The number of hydrogen-bond acceptors (Lipinski definition) is 42. The number of nitrogen functional groups attached to an aromatic ring is 3. The van der Waals surface area contributed by atoms with Gasteiger partial charge in [0.2, 0.25) is 70.9 Å². The third-order valence-electron chi connectivity index (χ3n) is 19.9. The zero-order valence-corrected chi connectivity index (χ0v) is 77.7. The van der Waals surface area contributed by atoms with E-state index in [0.717, 1.165) is 20.8 Å². The molecule has 0 aromatic carbocycles. The van der Waals surface area contributed by atoms with E-state index in [0.29, 0.717) is 34.1 Å². The molecular formula is C72H105F3N21O27P3S3. The summed E-state index contributed by atoms with van der Waals surface area (Å²) < 4.78 is 160. The van der Waals surface area contributed by atoms with Crippen molar-refractivity contribution in [2.24, 2.45) is 17.8 Å². The molecule has 129 heavy (non-hydrogen) atoms. The molecule has 12 rings (SSSR count). The average molecular weight is 1940 g/mol. The van der Waals surface area contributed by atoms with Gasteiger partial charge in [0.1, 0.15) is 54.7 Å². The van der Waals surface area contributed by atoms with Gasteiger partial charge in [0, 0.05) is 36.5 Å². The highest BCUT2D eigenvalue weighted by Gasteiger charge is 2.59. The van der Waals surface area contributed by atoms with Crippen molar-refractivity contribution in [3.8, 4) is 17.6 Å². The minimum Gasteiger partial charge on any atom is -0.476 e. The highest BCUT2D eigenvalue weighted by Crippen LogP contribution is 2.61. The van der Waals surface area contributed by atoms with E-state index < -0.39 is 220 Å². The van der Waals surface area contributed by atoms with Crippen LogP contribution in [0, 0.1) is 17.8 Å². The molecule has 15 N–H and O–H groups in total. The van der Waals surface area contributed by atoms with Gasteiger partial charge in [0.05, 0.1) is 94.7 Å². The lowest BCUT2D eigenvalue weighted by Crippen LogP contribution is -2.41. The molecule has 6 aromatic heterocycles. The van der Waals surface area contributed by atoms with Crippen LogP contribution < -0.4 is 62.6 Å². The van der Waals surface area contributed by atoms with Crippen LogP contribution in [0.3, 0.4) is 0 Å². The fraction of sp³-hybridized carbons (Fsp3) is 0.667. The molecule has 21 atom stereocenters. The Kier molecular flexibility index (Phi) is 33.7. The number of ether oxygens (including phenoxy) is 9. The van der Waals surface area contributed by atoms with Gasteiger partial charge < -0.3 is 88.7 Å². The Bertz CT molecular complexity index is 4780. The van der Waals surface area contributed by atoms with Gasteiger partial charge in [-0.2, -0.15) is 29.9 Å². The second kappa shape index (κ2) is 42.5. The van der Waals surface area contributed by atoms with Crippen LogP contribution in [0.1, 0.15) is 142 Å². The molecule has 0 radical (unpaired) electrons. The number of carbonyl (C=O) groups is 9. The Morgan fingerprint density at radius 3 is 0.915 bits per heavy atom. The third-order valence-corrected chi connectivity index (χ3v) is 32.5. The van der Waals surface area contributed by atoms with Crippen molar-refractivity contribution in [2.45, 2.75) is 232 Å². The second-order valence-electron chi connectivity index (χ2n) is 31.5. The van der Waals surface area contributed by atoms with Gasteiger partial charge in [-0.1, -0.05) is 34.1 Å². The fourth-order valence-corrected chi connectivity index (χ4v) is 25.6. The quantitative estimate of drug-likeness (QED) is 0.0113. The number of hydrogen-bond donors (Lipinski definition) is 12. The van der Waals surface area contributed by atoms with Gasteiger partial charge in [-0.3, -0.25) is 86.5 Å². The number of nitrogens with two attached hydrogens (primary N) is 3. The van der Waals surface area contributed by atoms with Crippen molar-refractivity contribution in [1.82, 2.24) is 89.8 Å². The molecule has 0 aliphatic carbocycles. The number of aliphatic hydroxyl groups excluding tert-OH is 3. The highest BCUT2D eigenvalue weighted by atomic mass is 32.7. The number of aromatic nitrogens is 12. The van der Waals surface area contributed by atoms with E-state index in [-0.39, 0.29) is 125 Å². The van der Waals surface area contributed by atoms with E-state index in [2.05, 4.69) is 76.1 Å². The first-order valence-electron chi connectivity index (χ1n) is 40.5. The number of nitrogens with zero attached hydrogens (tertiary/aromatic N) is 12. The zero-order valence-electron chi connectivity index (χ0n) is 72.5. The SMILES string of the molecule is CCOc1nc(N)nc2c1ncn2C1O[C@H](COP(=O)(N[C@H](C)C(=O)OC(C)C)SCC2CC(=O)NC2=O)[C@@H](O)[C@@]1(C)F.CCOc1nc(N)nc2c1ncn2C1O[C@H](CO[P@@](=O)(N[C@H](C)C(=O)OC(C)C)SCC2CC(=O)NC2=O)[C@@H](O)[C@@]1(C)F.CCOc1nc(N)nc2c1ncn2C1O[C@H](CO[P@](=O)(N[C@H](C)C(=O)OC(C)C)SCC2CC(=O)NC2=O)[C@@H](O)[C@@]1(C)F. The molecular weight excluding hydrogens is 1840 g/mol. The van der Waals surface area contributed by atoms with Gasteiger partial charge in [-0.25, -0.2) is 43.4 Å². The van der Waals surface area contributed by atoms with Gasteiger partial charge in [0.15, 0.2) is 69.2 Å². The molecule has 714 valence electrons. The molecule has 6 aliphatic heterocycles. The summed E-state index contributed by atoms with van der Waals surface area (Å²) >= 11 is 2.08. The van der Waals surface area contributed by atoms with Gasteiger partial charge in [0.25, 0.3) is 0 Å². The molecule has 57 heteroatoms. The van der Waals surface area contributed by atoms with Gasteiger partial charge >= 0.3 is 38.1 Å². The maximum atomic E-state index is 16.0. The molecule has 7 unspecified atom stereocenters. The Hall–Kier alpha value is -8.67. The Balaban J connectivity index is 0.000000201. The molecule has 0 bridgehead atoms. The van der Waals surface area contributed by atoms with Crippen molar-refractivity contribution < 1.29 is 142 Å². The molecule has 48 nitrogen and oxygen atoms in total. The number of alkyl halides is 3. The predicted molar refractivity (Wildman–Crippen MR) is 454 cm³/mol. The number of carbonyl (C=O) groups excluding carboxylic acids is 9. The molecule has 6 fully saturated rings. The topological polar surface area (TPSA) is 657 Å². The molecule has 0 spiro atoms. The van der Waals surface area contributed by atoms with Crippen LogP contribution in [-0.2, 0) is 98.8 Å². The molecule has 6 amide bonds. The minimum atomic E-state index is -4.04. The van der Waals surface area contributed by atoms with Crippen LogP contribution >= 0.6 is 54.3 Å². The van der Waals surface area contributed by atoms with Gasteiger partial charge in [-0.05, 0) is 104 Å². The number of fused-ring (bicyclic) bond motifs is 3. The molecule has 6 aliphatic rings. The van der Waals surface area contributed by atoms with Crippen LogP contribution in [0.4, 0.5) is 31.0 Å².